The third-order valence-corrected chi connectivity index (χ3v) is 4.70. The smallest absolute Gasteiger partial charge is 0.103 e. The van der Waals surface area contributed by atoms with E-state index in [0.29, 0.717) is 6.04 Å². The van der Waals surface area contributed by atoms with Crippen LogP contribution < -0.4 is 4.90 Å². The molecule has 1 aromatic rings. The van der Waals surface area contributed by atoms with Crippen LogP contribution in [-0.4, -0.2) is 37.6 Å². The molecule has 19 heavy (non-hydrogen) atoms. The Morgan fingerprint density at radius 1 is 1.42 bits per heavy atom. The minimum absolute atomic E-state index is 0.532. The molecule has 0 bridgehead atoms. The van der Waals surface area contributed by atoms with Gasteiger partial charge in [0.2, 0.25) is 0 Å². The van der Waals surface area contributed by atoms with Crippen molar-refractivity contribution in [2.75, 3.05) is 31.6 Å². The number of piperidine rings is 1. The standard InChI is InChI=1S/C15H20BrN3/c1-3-19-9-7-12(8-10-19)18(2)15-6-4-5-14(16)13(15)11-17/h4-6,12H,3,7-10H2,1-2H3. The van der Waals surface area contributed by atoms with E-state index >= 15 is 0 Å². The van der Waals surface area contributed by atoms with Crippen molar-refractivity contribution in [3.05, 3.63) is 28.2 Å². The lowest BCUT2D eigenvalue weighted by Gasteiger charge is -2.37. The highest BCUT2D eigenvalue weighted by molar-refractivity contribution is 9.10. The molecule has 1 aliphatic rings. The van der Waals surface area contributed by atoms with Crippen molar-refractivity contribution >= 4 is 21.6 Å². The molecule has 1 saturated heterocycles. The third kappa shape index (κ3) is 3.10. The van der Waals surface area contributed by atoms with Crippen LogP contribution in [0.4, 0.5) is 5.69 Å². The molecule has 1 aromatic carbocycles. The molecule has 1 fully saturated rings. The summed E-state index contributed by atoms with van der Waals surface area (Å²) in [5.74, 6) is 0. The van der Waals surface area contributed by atoms with Crippen molar-refractivity contribution < 1.29 is 0 Å². The van der Waals surface area contributed by atoms with Crippen LogP contribution in [0.5, 0.6) is 0 Å². The summed E-state index contributed by atoms with van der Waals surface area (Å²) in [6, 6.07) is 8.80. The van der Waals surface area contributed by atoms with Crippen LogP contribution in [0, 0.1) is 11.3 Å². The molecule has 2 rings (SSSR count). The Morgan fingerprint density at radius 2 is 2.11 bits per heavy atom. The summed E-state index contributed by atoms with van der Waals surface area (Å²) < 4.78 is 0.880. The molecule has 0 saturated carbocycles. The number of hydrogen-bond donors (Lipinski definition) is 0. The first-order valence-electron chi connectivity index (χ1n) is 6.81. The average molecular weight is 322 g/mol. The Kier molecular flexibility index (Phi) is 4.84. The van der Waals surface area contributed by atoms with Gasteiger partial charge in [0.25, 0.3) is 0 Å². The van der Waals surface area contributed by atoms with E-state index in [2.05, 4.69) is 45.8 Å². The van der Waals surface area contributed by atoms with Crippen molar-refractivity contribution in [3.63, 3.8) is 0 Å². The number of hydrogen-bond acceptors (Lipinski definition) is 3. The summed E-state index contributed by atoms with van der Waals surface area (Å²) in [5, 5.41) is 9.31. The molecule has 1 heterocycles. The first kappa shape index (κ1) is 14.4. The SMILES string of the molecule is CCN1CCC(N(C)c2cccc(Br)c2C#N)CC1. The zero-order valence-corrected chi connectivity index (χ0v) is 13.2. The van der Waals surface area contributed by atoms with Gasteiger partial charge < -0.3 is 9.80 Å². The maximum absolute atomic E-state index is 9.31. The second kappa shape index (κ2) is 6.40. The summed E-state index contributed by atoms with van der Waals surface area (Å²) >= 11 is 3.46. The Bertz CT molecular complexity index is 473. The summed E-state index contributed by atoms with van der Waals surface area (Å²) in [6.45, 7) is 5.66. The summed E-state index contributed by atoms with van der Waals surface area (Å²) in [5.41, 5.74) is 1.77. The van der Waals surface area contributed by atoms with Crippen molar-refractivity contribution in [2.24, 2.45) is 0 Å². The van der Waals surface area contributed by atoms with Crippen LogP contribution in [0.1, 0.15) is 25.3 Å². The number of anilines is 1. The van der Waals surface area contributed by atoms with Crippen molar-refractivity contribution in [1.82, 2.24) is 4.90 Å². The molecular formula is C15H20BrN3. The van der Waals surface area contributed by atoms with Gasteiger partial charge >= 0.3 is 0 Å². The van der Waals surface area contributed by atoms with Crippen LogP contribution in [0.2, 0.25) is 0 Å². The van der Waals surface area contributed by atoms with Gasteiger partial charge in [-0.1, -0.05) is 13.0 Å². The maximum atomic E-state index is 9.31. The van der Waals surface area contributed by atoms with Crippen LogP contribution in [0.15, 0.2) is 22.7 Å². The molecule has 0 amide bonds. The Hall–Kier alpha value is -1.05. The Labute approximate surface area is 123 Å². The van der Waals surface area contributed by atoms with E-state index < -0.39 is 0 Å². The van der Waals surface area contributed by atoms with Gasteiger partial charge in [-0.3, -0.25) is 0 Å². The topological polar surface area (TPSA) is 30.3 Å². The lowest BCUT2D eigenvalue weighted by Crippen LogP contribution is -2.43. The van der Waals surface area contributed by atoms with E-state index in [1.807, 2.05) is 18.2 Å². The molecular weight excluding hydrogens is 302 g/mol. The molecule has 0 aromatic heterocycles. The van der Waals surface area contributed by atoms with Crippen LogP contribution in [0.3, 0.4) is 0 Å². The highest BCUT2D eigenvalue weighted by Crippen LogP contribution is 2.29. The van der Waals surface area contributed by atoms with Gasteiger partial charge in [0.1, 0.15) is 6.07 Å². The molecule has 4 heteroatoms. The van der Waals surface area contributed by atoms with E-state index in [4.69, 9.17) is 0 Å². The lowest BCUT2D eigenvalue weighted by atomic mass is 10.0. The van der Waals surface area contributed by atoms with E-state index in [9.17, 15) is 5.26 Å². The van der Waals surface area contributed by atoms with Gasteiger partial charge in [-0.15, -0.1) is 0 Å². The molecule has 3 nitrogen and oxygen atoms in total. The molecule has 0 radical (unpaired) electrons. The molecule has 102 valence electrons. The van der Waals surface area contributed by atoms with Gasteiger partial charge in [0, 0.05) is 30.7 Å². The van der Waals surface area contributed by atoms with Gasteiger partial charge in [-0.05, 0) is 47.4 Å². The molecule has 0 aliphatic carbocycles. The second-order valence-corrected chi connectivity index (χ2v) is 5.88. The highest BCUT2D eigenvalue weighted by Gasteiger charge is 2.23. The number of nitrogens with zero attached hydrogens (tertiary/aromatic N) is 3. The van der Waals surface area contributed by atoms with Crippen molar-refractivity contribution in [3.8, 4) is 6.07 Å². The maximum Gasteiger partial charge on any atom is 0.103 e. The largest absolute Gasteiger partial charge is 0.370 e. The summed E-state index contributed by atoms with van der Waals surface area (Å²) in [6.07, 6.45) is 2.34. The fourth-order valence-electron chi connectivity index (χ4n) is 2.74. The predicted octanol–water partition coefficient (Wildman–Crippen LogP) is 3.24. The van der Waals surface area contributed by atoms with Gasteiger partial charge in [0.15, 0.2) is 0 Å². The zero-order valence-electron chi connectivity index (χ0n) is 11.6. The average Bonchev–Trinajstić information content (AvgIpc) is 2.46. The molecule has 0 atom stereocenters. The number of likely N-dealkylation sites (tertiary alicyclic amines) is 1. The van der Waals surface area contributed by atoms with Gasteiger partial charge in [0.05, 0.1) is 11.3 Å². The van der Waals surface area contributed by atoms with Gasteiger partial charge in [-0.25, -0.2) is 0 Å². The monoisotopic (exact) mass is 321 g/mol. The summed E-state index contributed by atoms with van der Waals surface area (Å²) in [4.78, 5) is 4.76. The normalized spacial score (nSPS) is 17.2. The van der Waals surface area contributed by atoms with Crippen molar-refractivity contribution in [1.29, 1.82) is 5.26 Å². The van der Waals surface area contributed by atoms with E-state index in [1.54, 1.807) is 0 Å². The fourth-order valence-corrected chi connectivity index (χ4v) is 3.18. The first-order chi connectivity index (χ1) is 9.17. The molecule has 1 aliphatic heterocycles. The molecule has 0 N–H and O–H groups in total. The van der Waals surface area contributed by atoms with Crippen molar-refractivity contribution in [2.45, 2.75) is 25.8 Å². The van der Waals surface area contributed by atoms with Crippen LogP contribution in [0.25, 0.3) is 0 Å². The second-order valence-electron chi connectivity index (χ2n) is 5.02. The van der Waals surface area contributed by atoms with E-state index in [0.717, 1.165) is 35.4 Å². The Morgan fingerprint density at radius 3 is 2.68 bits per heavy atom. The number of nitriles is 1. The first-order valence-corrected chi connectivity index (χ1v) is 7.60. The van der Waals surface area contributed by atoms with Crippen LogP contribution >= 0.6 is 15.9 Å². The fraction of sp³-hybridized carbons (Fsp3) is 0.533. The Balaban J connectivity index is 2.15. The number of rotatable bonds is 3. The van der Waals surface area contributed by atoms with E-state index in [1.165, 1.54) is 12.8 Å². The zero-order chi connectivity index (χ0) is 13.8. The van der Waals surface area contributed by atoms with Crippen LogP contribution in [-0.2, 0) is 0 Å². The highest BCUT2D eigenvalue weighted by atomic mass is 79.9. The predicted molar refractivity (Wildman–Crippen MR) is 82.4 cm³/mol. The molecule has 0 unspecified atom stereocenters. The van der Waals surface area contributed by atoms with E-state index in [-0.39, 0.29) is 0 Å². The minimum atomic E-state index is 0.532. The minimum Gasteiger partial charge on any atom is -0.370 e. The summed E-state index contributed by atoms with van der Waals surface area (Å²) in [7, 11) is 2.11. The quantitative estimate of drug-likeness (QED) is 0.856. The number of benzene rings is 1. The third-order valence-electron chi connectivity index (χ3n) is 4.04. The lowest BCUT2D eigenvalue weighted by molar-refractivity contribution is 0.221. The molecule has 0 spiro atoms. The van der Waals surface area contributed by atoms with Gasteiger partial charge in [-0.2, -0.15) is 5.26 Å². The number of halogens is 1.